The highest BCUT2D eigenvalue weighted by molar-refractivity contribution is 7.92. The fourth-order valence-corrected chi connectivity index (χ4v) is 4.64. The molecular formula is C25H29F3N6O2S. The number of hydrogen-bond acceptors (Lipinski definition) is 7. The molecule has 0 unspecified atom stereocenters. The molecule has 0 aliphatic carbocycles. The van der Waals surface area contributed by atoms with Crippen LogP contribution in [-0.4, -0.2) is 44.8 Å². The van der Waals surface area contributed by atoms with Crippen molar-refractivity contribution in [1.82, 2.24) is 15.3 Å². The largest absolute Gasteiger partial charge is 0.421 e. The number of nitrogens with zero attached hydrogens (tertiary/aromatic N) is 3. The number of anilines is 4. The van der Waals surface area contributed by atoms with Crippen LogP contribution in [0.1, 0.15) is 35.4 Å². The van der Waals surface area contributed by atoms with Crippen LogP contribution < -0.4 is 20.3 Å². The van der Waals surface area contributed by atoms with Gasteiger partial charge in [-0.3, -0.25) is 4.31 Å². The van der Waals surface area contributed by atoms with Crippen LogP contribution in [-0.2, 0) is 22.7 Å². The van der Waals surface area contributed by atoms with E-state index in [2.05, 4.69) is 25.9 Å². The monoisotopic (exact) mass is 534 g/mol. The van der Waals surface area contributed by atoms with Crippen molar-refractivity contribution in [3.05, 3.63) is 71.4 Å². The molecule has 0 radical (unpaired) electrons. The summed E-state index contributed by atoms with van der Waals surface area (Å²) in [5.74, 6) is 0.137. The van der Waals surface area contributed by atoms with E-state index in [1.807, 2.05) is 24.3 Å². The second-order valence-corrected chi connectivity index (χ2v) is 11.0. The van der Waals surface area contributed by atoms with Crippen LogP contribution in [0.25, 0.3) is 0 Å². The van der Waals surface area contributed by atoms with Crippen molar-refractivity contribution < 1.29 is 21.6 Å². The van der Waals surface area contributed by atoms with Gasteiger partial charge in [-0.05, 0) is 67.2 Å². The van der Waals surface area contributed by atoms with Gasteiger partial charge >= 0.3 is 6.18 Å². The molecule has 1 saturated heterocycles. The van der Waals surface area contributed by atoms with E-state index in [4.69, 9.17) is 0 Å². The van der Waals surface area contributed by atoms with Crippen LogP contribution in [0.5, 0.6) is 0 Å². The van der Waals surface area contributed by atoms with Crippen LogP contribution in [0.3, 0.4) is 0 Å². The van der Waals surface area contributed by atoms with Gasteiger partial charge in [-0.2, -0.15) is 18.2 Å². The lowest BCUT2D eigenvalue weighted by atomic mass is 9.90. The number of hydrogen-bond donors (Lipinski definition) is 3. The Morgan fingerprint density at radius 1 is 1.11 bits per heavy atom. The maximum Gasteiger partial charge on any atom is 0.421 e. The molecule has 37 heavy (non-hydrogen) atoms. The average Bonchev–Trinajstić information content (AvgIpc) is 2.87. The summed E-state index contributed by atoms with van der Waals surface area (Å²) in [5.41, 5.74) is 1.88. The van der Waals surface area contributed by atoms with E-state index < -0.39 is 21.8 Å². The van der Waals surface area contributed by atoms with E-state index in [1.165, 1.54) is 12.6 Å². The molecule has 0 atom stereocenters. The smallest absolute Gasteiger partial charge is 0.365 e. The third-order valence-corrected chi connectivity index (χ3v) is 7.51. The Balaban J connectivity index is 1.51. The molecule has 0 saturated carbocycles. The van der Waals surface area contributed by atoms with Gasteiger partial charge in [-0.25, -0.2) is 13.4 Å². The maximum absolute atomic E-state index is 13.6. The molecule has 198 valence electrons. The van der Waals surface area contributed by atoms with E-state index in [0.29, 0.717) is 22.9 Å². The lowest BCUT2D eigenvalue weighted by molar-refractivity contribution is -0.137. The molecule has 0 spiro atoms. The van der Waals surface area contributed by atoms with Gasteiger partial charge in [-0.15, -0.1) is 0 Å². The Hall–Kier alpha value is -3.38. The molecule has 12 heteroatoms. The summed E-state index contributed by atoms with van der Waals surface area (Å²) in [6.07, 6.45) is -0.705. The van der Waals surface area contributed by atoms with Crippen molar-refractivity contribution >= 4 is 33.2 Å². The summed E-state index contributed by atoms with van der Waals surface area (Å²) in [4.78, 5) is 7.96. The van der Waals surface area contributed by atoms with E-state index in [0.717, 1.165) is 42.7 Å². The van der Waals surface area contributed by atoms with Gasteiger partial charge in [0.2, 0.25) is 16.0 Å². The highest BCUT2D eigenvalue weighted by atomic mass is 32.2. The Bertz CT molecular complexity index is 1330. The van der Waals surface area contributed by atoms with Crippen molar-refractivity contribution in [2.75, 3.05) is 41.3 Å². The molecule has 2 heterocycles. The van der Waals surface area contributed by atoms with Crippen LogP contribution >= 0.6 is 0 Å². The van der Waals surface area contributed by atoms with E-state index in [-0.39, 0.29) is 18.3 Å². The first-order valence-corrected chi connectivity index (χ1v) is 13.6. The number of halogens is 3. The summed E-state index contributed by atoms with van der Waals surface area (Å²) in [6, 6.07) is 14.3. The summed E-state index contributed by atoms with van der Waals surface area (Å²) in [6.45, 7) is 1.97. The van der Waals surface area contributed by atoms with Gasteiger partial charge in [0.25, 0.3) is 0 Å². The maximum atomic E-state index is 13.6. The first-order valence-electron chi connectivity index (χ1n) is 11.8. The van der Waals surface area contributed by atoms with Gasteiger partial charge < -0.3 is 16.0 Å². The number of alkyl halides is 3. The predicted molar refractivity (Wildman–Crippen MR) is 139 cm³/mol. The van der Waals surface area contributed by atoms with Crippen molar-refractivity contribution in [2.24, 2.45) is 0 Å². The standard InChI is InChI=1S/C25H29F3N6O2S/c1-34(37(2,35)36)21-5-3-4-17(14-21)15-30-23-22(25(26,27)28)16-31-24(33-23)32-20-8-6-18(7-9-20)19-10-12-29-13-11-19/h3-9,14,16,19,29H,10-13,15H2,1-2H3,(H2,30,31,32,33). The fraction of sp³-hybridized carbons (Fsp3) is 0.360. The molecule has 0 amide bonds. The van der Waals surface area contributed by atoms with E-state index >= 15 is 0 Å². The number of rotatable bonds is 8. The first kappa shape index (κ1) is 26.7. The zero-order valence-corrected chi connectivity index (χ0v) is 21.3. The Kier molecular flexibility index (Phi) is 7.88. The molecule has 8 nitrogen and oxygen atoms in total. The molecule has 3 aromatic rings. The van der Waals surface area contributed by atoms with Gasteiger partial charge in [0.15, 0.2) is 0 Å². The van der Waals surface area contributed by atoms with Gasteiger partial charge in [0.1, 0.15) is 11.4 Å². The number of nitrogens with one attached hydrogen (secondary N) is 3. The Labute approximate surface area is 214 Å². The van der Waals surface area contributed by atoms with Crippen molar-refractivity contribution in [2.45, 2.75) is 31.5 Å². The highest BCUT2D eigenvalue weighted by Gasteiger charge is 2.35. The number of sulfonamides is 1. The molecule has 1 aliphatic rings. The summed E-state index contributed by atoms with van der Waals surface area (Å²) < 4.78 is 65.7. The molecule has 1 fully saturated rings. The minimum Gasteiger partial charge on any atom is -0.365 e. The predicted octanol–water partition coefficient (Wildman–Crippen LogP) is 4.71. The second-order valence-electron chi connectivity index (χ2n) is 8.98. The average molecular weight is 535 g/mol. The van der Waals surface area contributed by atoms with Gasteiger partial charge in [0, 0.05) is 25.5 Å². The highest BCUT2D eigenvalue weighted by Crippen LogP contribution is 2.34. The quantitative estimate of drug-likeness (QED) is 0.385. The lowest BCUT2D eigenvalue weighted by Gasteiger charge is -2.23. The molecule has 3 N–H and O–H groups in total. The summed E-state index contributed by atoms with van der Waals surface area (Å²) in [7, 11) is -2.07. The number of benzene rings is 2. The van der Waals surface area contributed by atoms with E-state index in [9.17, 15) is 21.6 Å². The van der Waals surface area contributed by atoms with Crippen molar-refractivity contribution in [1.29, 1.82) is 0 Å². The third kappa shape index (κ3) is 6.89. The molecule has 0 bridgehead atoms. The summed E-state index contributed by atoms with van der Waals surface area (Å²) >= 11 is 0. The summed E-state index contributed by atoms with van der Waals surface area (Å²) in [5, 5.41) is 9.05. The second kappa shape index (κ2) is 10.9. The minimum atomic E-state index is -4.66. The van der Waals surface area contributed by atoms with Crippen LogP contribution in [0, 0.1) is 0 Å². The molecule has 2 aromatic carbocycles. The van der Waals surface area contributed by atoms with Crippen LogP contribution in [0.15, 0.2) is 54.7 Å². The fourth-order valence-electron chi connectivity index (χ4n) is 4.15. The van der Waals surface area contributed by atoms with E-state index in [1.54, 1.807) is 24.3 Å². The Morgan fingerprint density at radius 3 is 2.46 bits per heavy atom. The number of aromatic nitrogens is 2. The molecule has 1 aliphatic heterocycles. The molecule has 1 aromatic heterocycles. The van der Waals surface area contributed by atoms with Crippen molar-refractivity contribution in [3.63, 3.8) is 0 Å². The first-order chi connectivity index (χ1) is 17.5. The van der Waals surface area contributed by atoms with Crippen molar-refractivity contribution in [3.8, 4) is 0 Å². The SMILES string of the molecule is CN(c1cccc(CNc2nc(Nc3ccc(C4CCNCC4)cc3)ncc2C(F)(F)F)c1)S(C)(=O)=O. The van der Waals surface area contributed by atoms with Crippen LogP contribution in [0.2, 0.25) is 0 Å². The van der Waals surface area contributed by atoms with Crippen LogP contribution in [0.4, 0.5) is 36.3 Å². The Morgan fingerprint density at radius 2 is 1.81 bits per heavy atom. The topological polar surface area (TPSA) is 99.2 Å². The van der Waals surface area contributed by atoms with Gasteiger partial charge in [-0.1, -0.05) is 24.3 Å². The lowest BCUT2D eigenvalue weighted by Crippen LogP contribution is -2.26. The number of piperidine rings is 1. The molecular weight excluding hydrogens is 505 g/mol. The van der Waals surface area contributed by atoms with Gasteiger partial charge in [0.05, 0.1) is 11.9 Å². The normalized spacial score (nSPS) is 14.8. The molecule has 4 rings (SSSR count). The third-order valence-electron chi connectivity index (χ3n) is 6.30. The zero-order chi connectivity index (χ0) is 26.6. The zero-order valence-electron chi connectivity index (χ0n) is 20.5. The minimum absolute atomic E-state index is 0.00405.